The first-order valence-electron chi connectivity index (χ1n) is 4.97. The van der Waals surface area contributed by atoms with E-state index in [1.807, 2.05) is 0 Å². The van der Waals surface area contributed by atoms with Crippen molar-refractivity contribution in [3.8, 4) is 0 Å². The number of aromatic nitrogens is 2. The van der Waals surface area contributed by atoms with E-state index in [1.54, 1.807) is 26.0 Å². The molecule has 2 aromatic heterocycles. The van der Waals surface area contributed by atoms with Crippen LogP contribution in [0.5, 0.6) is 0 Å². The van der Waals surface area contributed by atoms with Gasteiger partial charge >= 0.3 is 0 Å². The maximum atomic E-state index is 12.1. The smallest absolute Gasteiger partial charge is 0.273 e. The molecule has 96 valence electrons. The Balaban J connectivity index is 2.33. The summed E-state index contributed by atoms with van der Waals surface area (Å²) in [7, 11) is -3.58. The van der Waals surface area contributed by atoms with Gasteiger partial charge in [-0.3, -0.25) is 4.72 Å². The molecule has 0 aliphatic rings. The molecule has 2 heterocycles. The van der Waals surface area contributed by atoms with Gasteiger partial charge in [-0.25, -0.2) is 18.4 Å². The first-order chi connectivity index (χ1) is 8.38. The predicted molar refractivity (Wildman–Crippen MR) is 74.3 cm³/mol. The van der Waals surface area contributed by atoms with Crippen LogP contribution in [-0.2, 0) is 10.0 Å². The second-order valence-corrected chi connectivity index (χ2v) is 7.53. The number of nitrogens with one attached hydrogen (secondary N) is 1. The van der Waals surface area contributed by atoms with Gasteiger partial charge in [-0.1, -0.05) is 0 Å². The molecule has 0 fully saturated rings. The molecule has 0 aliphatic carbocycles. The van der Waals surface area contributed by atoms with Gasteiger partial charge in [-0.2, -0.15) is 0 Å². The van der Waals surface area contributed by atoms with Crippen molar-refractivity contribution in [3.63, 3.8) is 0 Å². The van der Waals surface area contributed by atoms with Crippen LogP contribution in [-0.4, -0.2) is 18.4 Å². The lowest BCUT2D eigenvalue weighted by atomic mass is 10.3. The number of pyridine rings is 1. The summed E-state index contributed by atoms with van der Waals surface area (Å²) in [5, 5.41) is 0.709. The van der Waals surface area contributed by atoms with Crippen LogP contribution in [0.2, 0.25) is 0 Å². The molecule has 0 spiro atoms. The summed E-state index contributed by atoms with van der Waals surface area (Å²) in [6.45, 7) is 3.50. The maximum absolute atomic E-state index is 12.1. The third kappa shape index (κ3) is 2.88. The number of thiazole rings is 1. The Kier molecular flexibility index (Phi) is 3.69. The first-order valence-corrected chi connectivity index (χ1v) is 8.06. The van der Waals surface area contributed by atoms with Gasteiger partial charge in [0.2, 0.25) is 0 Å². The van der Waals surface area contributed by atoms with E-state index in [9.17, 15) is 8.42 Å². The van der Waals surface area contributed by atoms with Crippen LogP contribution in [0.25, 0.3) is 0 Å². The molecule has 8 heteroatoms. The SMILES string of the molecule is Cc1ncc(S(=O)(=O)Nc2ccc(Br)nc2C)s1. The molecule has 0 bridgehead atoms. The zero-order valence-electron chi connectivity index (χ0n) is 9.64. The van der Waals surface area contributed by atoms with Gasteiger partial charge in [0, 0.05) is 0 Å². The lowest BCUT2D eigenvalue weighted by molar-refractivity contribution is 0.603. The largest absolute Gasteiger partial charge is 0.277 e. The lowest BCUT2D eigenvalue weighted by Crippen LogP contribution is -2.12. The van der Waals surface area contributed by atoms with Crippen LogP contribution in [0, 0.1) is 13.8 Å². The fourth-order valence-electron chi connectivity index (χ4n) is 1.30. The Morgan fingerprint density at radius 1 is 1.33 bits per heavy atom. The lowest BCUT2D eigenvalue weighted by Gasteiger charge is -2.08. The summed E-state index contributed by atoms with van der Waals surface area (Å²) in [6.07, 6.45) is 1.35. The van der Waals surface area contributed by atoms with Gasteiger partial charge in [0.05, 0.1) is 22.6 Å². The molecule has 0 aliphatic heterocycles. The Labute approximate surface area is 117 Å². The van der Waals surface area contributed by atoms with Crippen molar-refractivity contribution in [3.05, 3.63) is 33.6 Å². The van der Waals surface area contributed by atoms with Crippen LogP contribution < -0.4 is 4.72 Å². The molecule has 1 N–H and O–H groups in total. The predicted octanol–water partition coefficient (Wildman–Crippen LogP) is 2.72. The highest BCUT2D eigenvalue weighted by Crippen LogP contribution is 2.23. The number of anilines is 1. The van der Waals surface area contributed by atoms with Crippen molar-refractivity contribution in [2.75, 3.05) is 4.72 Å². The number of halogens is 1. The minimum atomic E-state index is -3.58. The summed E-state index contributed by atoms with van der Waals surface area (Å²) < 4.78 is 27.5. The Hall–Kier alpha value is -0.990. The first kappa shape index (κ1) is 13.4. The number of hydrogen-bond acceptors (Lipinski definition) is 5. The minimum absolute atomic E-state index is 0.197. The van der Waals surface area contributed by atoms with Crippen molar-refractivity contribution in [1.82, 2.24) is 9.97 Å². The second kappa shape index (κ2) is 4.94. The number of sulfonamides is 1. The highest BCUT2D eigenvalue weighted by Gasteiger charge is 2.18. The van der Waals surface area contributed by atoms with E-state index in [-0.39, 0.29) is 4.21 Å². The molecule has 0 unspecified atom stereocenters. The third-order valence-electron chi connectivity index (χ3n) is 2.16. The van der Waals surface area contributed by atoms with Gasteiger partial charge in [-0.15, -0.1) is 11.3 Å². The van der Waals surface area contributed by atoms with E-state index in [0.717, 1.165) is 11.3 Å². The van der Waals surface area contributed by atoms with Gasteiger partial charge in [0.25, 0.3) is 10.0 Å². The Morgan fingerprint density at radius 2 is 2.06 bits per heavy atom. The number of hydrogen-bond donors (Lipinski definition) is 1. The summed E-state index contributed by atoms with van der Waals surface area (Å²) in [5.74, 6) is 0. The van der Waals surface area contributed by atoms with Crippen LogP contribution in [0.15, 0.2) is 27.1 Å². The zero-order valence-corrected chi connectivity index (χ0v) is 12.9. The Bertz CT molecular complexity index is 682. The highest BCUT2D eigenvalue weighted by molar-refractivity contribution is 9.10. The van der Waals surface area contributed by atoms with Crippen molar-refractivity contribution < 1.29 is 8.42 Å². The molecular weight excluding hydrogens is 338 g/mol. The molecule has 0 atom stereocenters. The third-order valence-corrected chi connectivity index (χ3v) is 5.34. The monoisotopic (exact) mass is 347 g/mol. The van der Waals surface area contributed by atoms with Gasteiger partial charge < -0.3 is 0 Å². The van der Waals surface area contributed by atoms with E-state index in [2.05, 4.69) is 30.6 Å². The average molecular weight is 348 g/mol. The number of nitrogens with zero attached hydrogens (tertiary/aromatic N) is 2. The normalized spacial score (nSPS) is 11.5. The number of rotatable bonds is 3. The van der Waals surface area contributed by atoms with Crippen molar-refractivity contribution in [2.24, 2.45) is 0 Å². The fraction of sp³-hybridized carbons (Fsp3) is 0.200. The summed E-state index contributed by atoms with van der Waals surface area (Å²) in [4.78, 5) is 8.07. The minimum Gasteiger partial charge on any atom is -0.277 e. The van der Waals surface area contributed by atoms with Crippen molar-refractivity contribution >= 4 is 43.0 Å². The van der Waals surface area contributed by atoms with Crippen LogP contribution in [0.1, 0.15) is 10.7 Å². The van der Waals surface area contributed by atoms with Crippen LogP contribution in [0.3, 0.4) is 0 Å². The van der Waals surface area contributed by atoms with E-state index < -0.39 is 10.0 Å². The quantitative estimate of drug-likeness (QED) is 0.866. The Morgan fingerprint density at radius 3 is 2.61 bits per heavy atom. The van der Waals surface area contributed by atoms with Crippen molar-refractivity contribution in [2.45, 2.75) is 18.1 Å². The van der Waals surface area contributed by atoms with Gasteiger partial charge in [0.15, 0.2) is 4.21 Å². The molecular formula is C10H10BrN3O2S2. The van der Waals surface area contributed by atoms with E-state index in [1.165, 1.54) is 6.20 Å². The molecule has 0 saturated carbocycles. The van der Waals surface area contributed by atoms with Gasteiger partial charge in [-0.05, 0) is 41.9 Å². The summed E-state index contributed by atoms with van der Waals surface area (Å²) in [5.41, 5.74) is 1.07. The van der Waals surface area contributed by atoms with Crippen molar-refractivity contribution in [1.29, 1.82) is 0 Å². The molecule has 0 amide bonds. The second-order valence-electron chi connectivity index (χ2n) is 3.57. The summed E-state index contributed by atoms with van der Waals surface area (Å²) >= 11 is 4.36. The van der Waals surface area contributed by atoms with Gasteiger partial charge in [0.1, 0.15) is 4.60 Å². The topological polar surface area (TPSA) is 72.0 Å². The van der Waals surface area contributed by atoms with E-state index >= 15 is 0 Å². The summed E-state index contributed by atoms with van der Waals surface area (Å²) in [6, 6.07) is 3.35. The number of aryl methyl sites for hydroxylation is 2. The average Bonchev–Trinajstić information content (AvgIpc) is 2.70. The molecule has 5 nitrogen and oxygen atoms in total. The highest BCUT2D eigenvalue weighted by atomic mass is 79.9. The molecule has 0 radical (unpaired) electrons. The molecule has 18 heavy (non-hydrogen) atoms. The van der Waals surface area contributed by atoms with E-state index in [0.29, 0.717) is 21.0 Å². The maximum Gasteiger partial charge on any atom is 0.273 e. The molecule has 0 aromatic carbocycles. The van der Waals surface area contributed by atoms with Crippen LogP contribution >= 0.6 is 27.3 Å². The zero-order chi connectivity index (χ0) is 13.3. The van der Waals surface area contributed by atoms with E-state index in [4.69, 9.17) is 0 Å². The standard InChI is InChI=1S/C10H10BrN3O2S2/c1-6-8(3-4-9(11)13-6)14-18(15,16)10-5-12-7(2)17-10/h3-5,14H,1-2H3. The van der Waals surface area contributed by atoms with Crippen LogP contribution in [0.4, 0.5) is 5.69 Å². The molecule has 2 aromatic rings. The molecule has 2 rings (SSSR count). The fourth-order valence-corrected chi connectivity index (χ4v) is 3.92. The molecule has 0 saturated heterocycles.